The molecule has 0 saturated heterocycles. The molecule has 17 heavy (non-hydrogen) atoms. The maximum Gasteiger partial charge on any atom is 0.104 e. The van der Waals surface area contributed by atoms with Crippen molar-refractivity contribution in [1.82, 2.24) is 9.97 Å². The number of aryl methyl sites for hydroxylation is 1. The molecule has 2 aromatic rings. The molecule has 0 fully saturated rings. The van der Waals surface area contributed by atoms with E-state index in [1.54, 1.807) is 0 Å². The number of fused-ring (bicyclic) bond motifs is 1. The largest absolute Gasteiger partial charge is 0.390 e. The molecule has 0 radical (unpaired) electrons. The number of hydrogen-bond donors (Lipinski definition) is 3. The molecule has 0 amide bonds. The van der Waals surface area contributed by atoms with E-state index in [9.17, 15) is 5.11 Å². The van der Waals surface area contributed by atoms with Crippen molar-refractivity contribution in [3.8, 4) is 0 Å². The van der Waals surface area contributed by atoms with Crippen LogP contribution in [0.15, 0.2) is 18.2 Å². The predicted molar refractivity (Wildman–Crippen MR) is 69.2 cm³/mol. The Labute approximate surface area is 100 Å². The molecule has 5 heteroatoms. The molecule has 1 atom stereocenters. The highest BCUT2D eigenvalue weighted by molar-refractivity contribution is 5.79. The van der Waals surface area contributed by atoms with Crippen molar-refractivity contribution >= 4 is 16.7 Å². The summed E-state index contributed by atoms with van der Waals surface area (Å²) in [5.74, 6) is 0.904. The molecule has 4 N–H and O–H groups in total. The van der Waals surface area contributed by atoms with Crippen molar-refractivity contribution in [3.05, 3.63) is 24.0 Å². The van der Waals surface area contributed by atoms with Gasteiger partial charge in [-0.05, 0) is 25.1 Å². The Morgan fingerprint density at radius 2 is 2.29 bits per heavy atom. The minimum atomic E-state index is -0.501. The van der Waals surface area contributed by atoms with Crippen LogP contribution in [0.3, 0.4) is 0 Å². The molecule has 0 saturated carbocycles. The molecule has 1 unspecified atom stereocenters. The van der Waals surface area contributed by atoms with E-state index in [1.807, 2.05) is 37.1 Å². The highest BCUT2D eigenvalue weighted by Crippen LogP contribution is 2.19. The fourth-order valence-corrected chi connectivity index (χ4v) is 1.86. The molecule has 0 bridgehead atoms. The van der Waals surface area contributed by atoms with Crippen LogP contribution in [0.4, 0.5) is 5.69 Å². The number of anilines is 1. The third kappa shape index (κ3) is 2.57. The number of aromatic nitrogens is 2. The van der Waals surface area contributed by atoms with Crippen molar-refractivity contribution in [2.45, 2.75) is 13.0 Å². The van der Waals surface area contributed by atoms with Crippen LogP contribution in [0.25, 0.3) is 11.0 Å². The zero-order valence-corrected chi connectivity index (χ0v) is 10.1. The van der Waals surface area contributed by atoms with E-state index in [0.717, 1.165) is 22.5 Å². The number of likely N-dealkylation sites (N-methyl/N-ethyl adjacent to an activating group) is 1. The lowest BCUT2D eigenvalue weighted by molar-refractivity contribution is 0.189. The number of nitrogens with two attached hydrogens (primary N) is 1. The number of nitrogens with zero attached hydrogens (tertiary/aromatic N) is 2. The van der Waals surface area contributed by atoms with Crippen LogP contribution in [0.5, 0.6) is 0 Å². The standard InChI is InChI=1S/C12H18N4O/c1-8-14-11-4-3-9(5-12(11)15-8)16(2)7-10(17)6-13/h3-5,10,17H,6-7,13H2,1-2H3,(H,14,15). The maximum absolute atomic E-state index is 9.52. The number of aliphatic hydroxyl groups is 1. The number of H-pyrrole nitrogens is 1. The first kappa shape index (κ1) is 11.9. The summed E-state index contributed by atoms with van der Waals surface area (Å²) in [6, 6.07) is 5.99. The predicted octanol–water partition coefficient (Wildman–Crippen LogP) is 0.627. The maximum atomic E-state index is 9.52. The van der Waals surface area contributed by atoms with Gasteiger partial charge in [-0.2, -0.15) is 0 Å². The average Bonchev–Trinajstić information content (AvgIpc) is 2.67. The van der Waals surface area contributed by atoms with Gasteiger partial charge < -0.3 is 20.7 Å². The first-order valence-electron chi connectivity index (χ1n) is 5.66. The number of rotatable bonds is 4. The van der Waals surface area contributed by atoms with Gasteiger partial charge in [0.05, 0.1) is 17.1 Å². The summed E-state index contributed by atoms with van der Waals surface area (Å²) in [6.07, 6.45) is -0.501. The second kappa shape index (κ2) is 4.73. The van der Waals surface area contributed by atoms with Gasteiger partial charge in [0.2, 0.25) is 0 Å². The first-order chi connectivity index (χ1) is 8.10. The molecule has 92 valence electrons. The van der Waals surface area contributed by atoms with Crippen LogP contribution in [0.1, 0.15) is 5.82 Å². The minimum absolute atomic E-state index is 0.274. The van der Waals surface area contributed by atoms with Crippen LogP contribution in [0.2, 0.25) is 0 Å². The van der Waals surface area contributed by atoms with Gasteiger partial charge in [-0.3, -0.25) is 0 Å². The van der Waals surface area contributed by atoms with E-state index in [-0.39, 0.29) is 6.54 Å². The Hall–Kier alpha value is -1.59. The summed E-state index contributed by atoms with van der Waals surface area (Å²) >= 11 is 0. The molecular formula is C12H18N4O. The smallest absolute Gasteiger partial charge is 0.104 e. The highest BCUT2D eigenvalue weighted by Gasteiger charge is 2.08. The van der Waals surface area contributed by atoms with Crippen molar-refractivity contribution < 1.29 is 5.11 Å². The summed E-state index contributed by atoms with van der Waals surface area (Å²) < 4.78 is 0. The Morgan fingerprint density at radius 1 is 1.53 bits per heavy atom. The monoisotopic (exact) mass is 234 g/mol. The van der Waals surface area contributed by atoms with Gasteiger partial charge >= 0.3 is 0 Å². The fraction of sp³-hybridized carbons (Fsp3) is 0.417. The molecule has 0 aliphatic carbocycles. The fourth-order valence-electron chi connectivity index (χ4n) is 1.86. The van der Waals surface area contributed by atoms with E-state index in [1.165, 1.54) is 0 Å². The summed E-state index contributed by atoms with van der Waals surface area (Å²) in [6.45, 7) is 2.73. The van der Waals surface area contributed by atoms with Gasteiger partial charge in [0, 0.05) is 25.8 Å². The Balaban J connectivity index is 2.23. The third-order valence-electron chi connectivity index (χ3n) is 2.78. The average molecular weight is 234 g/mol. The Morgan fingerprint density at radius 3 is 3.00 bits per heavy atom. The molecule has 5 nitrogen and oxygen atoms in total. The number of benzene rings is 1. The first-order valence-corrected chi connectivity index (χ1v) is 5.66. The normalized spacial score (nSPS) is 12.9. The van der Waals surface area contributed by atoms with Crippen LogP contribution in [0, 0.1) is 6.92 Å². The lowest BCUT2D eigenvalue weighted by Gasteiger charge is -2.21. The van der Waals surface area contributed by atoms with Crippen LogP contribution in [-0.2, 0) is 0 Å². The van der Waals surface area contributed by atoms with Gasteiger partial charge in [0.1, 0.15) is 5.82 Å². The molecule has 0 aliphatic heterocycles. The number of imidazole rings is 1. The van der Waals surface area contributed by atoms with E-state index in [4.69, 9.17) is 5.73 Å². The summed E-state index contributed by atoms with van der Waals surface area (Å²) in [4.78, 5) is 9.52. The zero-order chi connectivity index (χ0) is 12.4. The quantitative estimate of drug-likeness (QED) is 0.725. The van der Waals surface area contributed by atoms with E-state index < -0.39 is 6.10 Å². The van der Waals surface area contributed by atoms with Gasteiger partial charge in [0.25, 0.3) is 0 Å². The Kier molecular flexibility index (Phi) is 3.31. The lowest BCUT2D eigenvalue weighted by atomic mass is 10.2. The van der Waals surface area contributed by atoms with Gasteiger partial charge in [0.15, 0.2) is 0 Å². The summed E-state index contributed by atoms with van der Waals surface area (Å²) in [7, 11) is 1.93. The molecule has 1 aromatic carbocycles. The summed E-state index contributed by atoms with van der Waals surface area (Å²) in [5, 5.41) is 9.52. The second-order valence-electron chi connectivity index (χ2n) is 4.29. The van der Waals surface area contributed by atoms with E-state index >= 15 is 0 Å². The van der Waals surface area contributed by atoms with Crippen molar-refractivity contribution in [3.63, 3.8) is 0 Å². The number of hydrogen-bond acceptors (Lipinski definition) is 4. The number of aliphatic hydroxyl groups excluding tert-OH is 1. The van der Waals surface area contributed by atoms with Crippen molar-refractivity contribution in [2.24, 2.45) is 5.73 Å². The molecule has 0 aliphatic rings. The topological polar surface area (TPSA) is 78.2 Å². The van der Waals surface area contributed by atoms with Crippen LogP contribution in [-0.4, -0.2) is 41.3 Å². The lowest BCUT2D eigenvalue weighted by Crippen LogP contribution is -2.34. The van der Waals surface area contributed by atoms with Crippen LogP contribution < -0.4 is 10.6 Å². The third-order valence-corrected chi connectivity index (χ3v) is 2.78. The highest BCUT2D eigenvalue weighted by atomic mass is 16.3. The Bertz CT molecular complexity index is 508. The van der Waals surface area contributed by atoms with E-state index in [2.05, 4.69) is 9.97 Å². The number of nitrogens with one attached hydrogen (secondary N) is 1. The van der Waals surface area contributed by atoms with E-state index in [0.29, 0.717) is 6.54 Å². The number of aromatic amines is 1. The van der Waals surface area contributed by atoms with Crippen LogP contribution >= 0.6 is 0 Å². The second-order valence-corrected chi connectivity index (χ2v) is 4.29. The molecule has 0 spiro atoms. The van der Waals surface area contributed by atoms with Gasteiger partial charge in [-0.1, -0.05) is 0 Å². The molecule has 2 rings (SSSR count). The van der Waals surface area contributed by atoms with Gasteiger partial charge in [-0.15, -0.1) is 0 Å². The molecule has 1 heterocycles. The molecular weight excluding hydrogens is 216 g/mol. The van der Waals surface area contributed by atoms with Gasteiger partial charge in [-0.25, -0.2) is 4.98 Å². The minimum Gasteiger partial charge on any atom is -0.390 e. The van der Waals surface area contributed by atoms with Crippen molar-refractivity contribution in [1.29, 1.82) is 0 Å². The summed E-state index contributed by atoms with van der Waals surface area (Å²) in [5.41, 5.74) is 8.40. The van der Waals surface area contributed by atoms with Crippen molar-refractivity contribution in [2.75, 3.05) is 25.0 Å². The molecule has 1 aromatic heterocycles. The zero-order valence-electron chi connectivity index (χ0n) is 10.1. The SMILES string of the molecule is Cc1nc2ccc(N(C)CC(O)CN)cc2[nH]1.